The van der Waals surface area contributed by atoms with Crippen LogP contribution in [0.15, 0.2) is 225 Å². The minimum Gasteiger partial charge on any atom is -0.348 e. The quantitative estimate of drug-likeness (QED) is 0.0260. The number of nitrogens with zero attached hydrogens (tertiary/aromatic N) is 11. The molecule has 1 aliphatic carbocycles. The molecular formula is C106H129Cl2F6N19O8. The molecule has 10 aromatic rings. The highest BCUT2D eigenvalue weighted by Gasteiger charge is 2.46. The van der Waals surface area contributed by atoms with Gasteiger partial charge in [0.05, 0.1) is 70.0 Å². The maximum absolute atomic E-state index is 13.2. The molecule has 7 saturated heterocycles. The standard InChI is InChI=1S/C26H35N5O2.C21H31N3O3.C20H21ClF3N3O.C20H21F3N4.C19H21ClN4O2/c1-19-17-30(18-21-11-7-5-8-12-21)16-15-23(19)28(3)26(33)27-24-20(2)29(4)31(25(24)32)22-13-9-6-10-14-22;25-20(22-18-6-10-21(11-7-18)26-14-15-27-21)23-19-8-12-24(13-9-19)16-17-4-2-1-3-5-17;21-17-9-6-15(20(22,23)24)12-18(17)26-19(28)25-16-7-4-14(5-8-16)13-27-10-2-1-3-11-27;21-20(22,23)16-5-3-4-15(12-16)13-26-8-10-27(11-9-26)14-19-24-17-6-1-2-7-18(17)25-19;1-13-5-2-3-6-15(13)18(25)24-11-8-14(9-12-24)22-19(26)23-16-7-4-10-21-17(16)20/h5-14,19-20,23-24H,15-18H2,1-4H3,(H,27,33);1-5,18-19H,6-16H2,(H2,22,23,25);4-9,12H,1-3,10-11,13H2,(H2,25,26,28);1-7,12H,8-11,13-14H2,(H,24,25);2-7,10,14H,8-9,11-12H2,1H3,(H2,22,23,26). The number of imidazole rings is 1. The van der Waals surface area contributed by atoms with E-state index in [1.165, 1.54) is 42.5 Å². The number of hydrogen-bond acceptors (Lipinski definition) is 16. The van der Waals surface area contributed by atoms with E-state index in [0.29, 0.717) is 68.5 Å². The Morgan fingerprint density at radius 2 is 1.03 bits per heavy atom. The van der Waals surface area contributed by atoms with Crippen molar-refractivity contribution in [1.29, 1.82) is 0 Å². The molecule has 4 atom stereocenters. The molecule has 141 heavy (non-hydrogen) atoms. The fraction of sp³-hybridized carbons (Fsp3) is 0.434. The first kappa shape index (κ1) is 105. The third-order valence-electron chi connectivity index (χ3n) is 27.3. The van der Waals surface area contributed by atoms with Crippen molar-refractivity contribution in [1.82, 2.24) is 75.5 Å². The van der Waals surface area contributed by atoms with Gasteiger partial charge in [0.15, 0.2) is 10.9 Å². The SMILES string of the molecule is CC1CN(Cc2ccccc2)CCC1N(C)C(=O)NC1C(=O)N(c2ccccc2)N(C)C1C.Cc1ccccc1C(=O)N1CCC(NC(=O)Nc2cccnc2Cl)CC1.FC(F)(F)c1cccc(CN2CCN(Cc3nc4ccccc4[nH]3)CC2)c1.O=C(NC1CCN(Cc2ccccc2)CC1)NC1CCC2(CC1)OCCO2.O=C(Nc1ccc(CN2CCCCC2)cc1)Nc1cc(C(F)(F)F)ccc1Cl. The van der Waals surface area contributed by atoms with Crippen LogP contribution >= 0.6 is 23.2 Å². The number of piperidine rings is 4. The zero-order valence-corrected chi connectivity index (χ0v) is 82.0. The fourth-order valence-corrected chi connectivity index (χ4v) is 19.6. The lowest BCUT2D eigenvalue weighted by molar-refractivity contribution is -0.179. The second-order valence-electron chi connectivity index (χ2n) is 37.5. The van der Waals surface area contributed by atoms with Crippen molar-refractivity contribution in [3.8, 4) is 0 Å². The smallest absolute Gasteiger partial charge is 0.348 e. The van der Waals surface area contributed by atoms with Crippen LogP contribution in [0.2, 0.25) is 10.2 Å². The van der Waals surface area contributed by atoms with E-state index in [4.69, 9.17) is 32.7 Å². The van der Waals surface area contributed by atoms with Crippen LogP contribution in [-0.2, 0) is 59.3 Å². The van der Waals surface area contributed by atoms with E-state index in [9.17, 15) is 55.1 Å². The Bertz CT molecular complexity index is 5670. The summed E-state index contributed by atoms with van der Waals surface area (Å²) < 4.78 is 88.5. The van der Waals surface area contributed by atoms with Crippen LogP contribution in [-0.4, -0.2) is 238 Å². The topological polar surface area (TPSA) is 276 Å². The first-order valence-corrected chi connectivity index (χ1v) is 49.5. The normalized spacial score (nSPS) is 19.8. The molecule has 18 rings (SSSR count). The largest absolute Gasteiger partial charge is 0.416 e. The number of hydrogen-bond donors (Lipinski definition) is 8. The summed E-state index contributed by atoms with van der Waals surface area (Å²) in [5.74, 6) is 0.873. The van der Waals surface area contributed by atoms with Gasteiger partial charge >= 0.3 is 36.5 Å². The number of H-pyrrole nitrogens is 1. The highest BCUT2D eigenvalue weighted by Crippen LogP contribution is 2.38. The van der Waals surface area contributed by atoms with Crippen molar-refractivity contribution < 1.29 is 64.6 Å². The number of likely N-dealkylation sites (N-methyl/N-ethyl adjacent to an activating group) is 1. The van der Waals surface area contributed by atoms with E-state index >= 15 is 0 Å². The van der Waals surface area contributed by atoms with E-state index < -0.39 is 35.6 Å². The third kappa shape index (κ3) is 30.6. The number of hydrazine groups is 1. The minimum absolute atomic E-state index is 0.0198. The first-order chi connectivity index (χ1) is 67.9. The molecule has 27 nitrogen and oxygen atoms in total. The molecule has 35 heteroatoms. The van der Waals surface area contributed by atoms with Gasteiger partial charge in [-0.05, 0) is 197 Å². The number of ether oxygens (including phenoxy) is 2. The minimum atomic E-state index is -4.51. The molecule has 752 valence electrons. The molecule has 0 radical (unpaired) electrons. The number of amides is 10. The Morgan fingerprint density at radius 3 is 1.65 bits per heavy atom. The molecule has 2 aromatic heterocycles. The number of urea groups is 4. The summed E-state index contributed by atoms with van der Waals surface area (Å²) in [6.07, 6.45) is 4.43. The van der Waals surface area contributed by atoms with Gasteiger partial charge in [-0.3, -0.25) is 34.1 Å². The predicted molar refractivity (Wildman–Crippen MR) is 538 cm³/mol. The number of carbonyl (C=O) groups excluding carboxylic acids is 6. The number of pyridine rings is 1. The van der Waals surface area contributed by atoms with Crippen LogP contribution in [0.1, 0.15) is 146 Å². The molecule has 4 unspecified atom stereocenters. The zero-order valence-electron chi connectivity index (χ0n) is 80.5. The second kappa shape index (κ2) is 50.3. The maximum Gasteiger partial charge on any atom is 0.416 e. The number of alkyl halides is 6. The number of aryl methyl sites for hydroxylation is 1. The lowest BCUT2D eigenvalue weighted by Gasteiger charge is -2.41. The molecule has 8 aromatic carbocycles. The summed E-state index contributed by atoms with van der Waals surface area (Å²) >= 11 is 11.8. The van der Waals surface area contributed by atoms with Gasteiger partial charge in [0.2, 0.25) is 0 Å². The van der Waals surface area contributed by atoms with Gasteiger partial charge in [0.25, 0.3) is 11.8 Å². The summed E-state index contributed by atoms with van der Waals surface area (Å²) in [5, 5.41) is 23.8. The zero-order chi connectivity index (χ0) is 99.6. The predicted octanol–water partition coefficient (Wildman–Crippen LogP) is 19.2. The van der Waals surface area contributed by atoms with Crippen molar-refractivity contribution in [2.45, 2.75) is 185 Å². The van der Waals surface area contributed by atoms with Gasteiger partial charge in [-0.25, -0.2) is 39.2 Å². The number of benzene rings is 8. The van der Waals surface area contributed by atoms with Crippen LogP contribution in [0.25, 0.3) is 11.0 Å². The van der Waals surface area contributed by atoms with Crippen molar-refractivity contribution in [3.63, 3.8) is 0 Å². The Hall–Kier alpha value is -11.8. The summed E-state index contributed by atoms with van der Waals surface area (Å²) in [7, 11) is 3.74. The molecule has 9 heterocycles. The van der Waals surface area contributed by atoms with Crippen LogP contribution in [0, 0.1) is 12.8 Å². The molecule has 7 aliphatic heterocycles. The maximum atomic E-state index is 13.2. The van der Waals surface area contributed by atoms with Gasteiger partial charge in [-0.1, -0.05) is 176 Å². The van der Waals surface area contributed by atoms with E-state index in [0.717, 1.165) is 200 Å². The van der Waals surface area contributed by atoms with Crippen molar-refractivity contribution in [2.75, 3.05) is 127 Å². The van der Waals surface area contributed by atoms with E-state index in [-0.39, 0.29) is 81.8 Å². The monoisotopic (exact) mass is 1980 g/mol. The Morgan fingerprint density at radius 1 is 0.504 bits per heavy atom. The van der Waals surface area contributed by atoms with Crippen LogP contribution < -0.4 is 42.2 Å². The molecule has 8 fully saturated rings. The van der Waals surface area contributed by atoms with E-state index in [1.54, 1.807) is 46.4 Å². The Labute approximate surface area is 831 Å². The number of para-hydroxylation sites is 3. The van der Waals surface area contributed by atoms with Crippen LogP contribution in [0.4, 0.5) is 68.3 Å². The molecule has 10 amide bonds. The van der Waals surface area contributed by atoms with E-state index in [1.807, 2.05) is 135 Å². The number of anilines is 4. The average Bonchev–Trinajstić information content (AvgIpc) is 1.63. The van der Waals surface area contributed by atoms with Crippen molar-refractivity contribution in [3.05, 3.63) is 285 Å². The number of likely N-dealkylation sites (tertiary alicyclic amines) is 4. The molecule has 0 bridgehead atoms. The number of aromatic amines is 1. The lowest BCUT2D eigenvalue weighted by Crippen LogP contribution is -2.56. The summed E-state index contributed by atoms with van der Waals surface area (Å²) in [4.78, 5) is 103. The van der Waals surface area contributed by atoms with Crippen molar-refractivity contribution in [2.24, 2.45) is 5.92 Å². The highest BCUT2D eigenvalue weighted by molar-refractivity contribution is 6.34. The summed E-state index contributed by atoms with van der Waals surface area (Å²) in [6, 6.07) is 64.1. The van der Waals surface area contributed by atoms with Gasteiger partial charge in [-0.2, -0.15) is 26.3 Å². The molecule has 1 spiro atoms. The molecule has 8 aliphatic rings. The number of fused-ring (bicyclic) bond motifs is 1. The van der Waals surface area contributed by atoms with Crippen LogP contribution in [0.3, 0.4) is 0 Å². The molecule has 8 N–H and O–H groups in total. The molecular weight excluding hydrogens is 1850 g/mol. The fourth-order valence-electron chi connectivity index (χ4n) is 19.3. The van der Waals surface area contributed by atoms with Gasteiger partial charge in [0, 0.05) is 160 Å². The third-order valence-corrected chi connectivity index (χ3v) is 27.9. The van der Waals surface area contributed by atoms with Crippen molar-refractivity contribution >= 4 is 92.9 Å². The lowest BCUT2D eigenvalue weighted by atomic mass is 9.90. The number of halogens is 8. The number of aromatic nitrogens is 3. The van der Waals surface area contributed by atoms with E-state index in [2.05, 4.69) is 138 Å². The number of carbonyl (C=O) groups is 6. The van der Waals surface area contributed by atoms with Gasteiger partial charge in [-0.15, -0.1) is 0 Å². The Kier molecular flexibility index (Phi) is 37.4. The number of nitrogens with one attached hydrogen (secondary N) is 8. The number of piperazine rings is 1. The van der Waals surface area contributed by atoms with Gasteiger partial charge < -0.3 is 61.5 Å². The van der Waals surface area contributed by atoms with Gasteiger partial charge in [0.1, 0.15) is 11.9 Å². The molecule has 1 saturated carbocycles. The first-order valence-electron chi connectivity index (χ1n) is 48.8. The summed E-state index contributed by atoms with van der Waals surface area (Å²) in [6.45, 7) is 22.4. The van der Waals surface area contributed by atoms with Crippen LogP contribution in [0.5, 0.6) is 0 Å². The number of rotatable bonds is 20. The second-order valence-corrected chi connectivity index (χ2v) is 38.3. The average molecular weight is 1980 g/mol. The summed E-state index contributed by atoms with van der Waals surface area (Å²) in [5.41, 5.74) is 8.50. The Balaban J connectivity index is 0.000000141. The highest BCUT2D eigenvalue weighted by atomic mass is 35.5.